The Balaban J connectivity index is 1.70. The Labute approximate surface area is 113 Å². The molecule has 0 bridgehead atoms. The zero-order valence-corrected chi connectivity index (χ0v) is 11.3. The number of carbonyl (C=O) groups is 1. The molecule has 0 aromatic heterocycles. The maximum Gasteiger partial charge on any atom is 0.225 e. The van der Waals surface area contributed by atoms with E-state index in [1.54, 1.807) is 6.07 Å². The van der Waals surface area contributed by atoms with Crippen LogP contribution in [0.2, 0.25) is 0 Å². The number of benzene rings is 1. The van der Waals surface area contributed by atoms with Crippen molar-refractivity contribution in [3.63, 3.8) is 0 Å². The first-order valence-corrected chi connectivity index (χ1v) is 7.56. The quantitative estimate of drug-likeness (QED) is 0.802. The van der Waals surface area contributed by atoms with Crippen LogP contribution in [0, 0.1) is 0 Å². The highest BCUT2D eigenvalue weighted by Gasteiger charge is 2.15. The first-order valence-electron chi connectivity index (χ1n) is 6.51. The summed E-state index contributed by atoms with van der Waals surface area (Å²) < 4.78 is 0. The summed E-state index contributed by atoms with van der Waals surface area (Å²) in [5.41, 5.74) is 7.11. The number of rotatable bonds is 5. The second kappa shape index (κ2) is 6.69. The van der Waals surface area contributed by atoms with Crippen LogP contribution in [0.15, 0.2) is 24.3 Å². The summed E-state index contributed by atoms with van der Waals surface area (Å²) in [6.07, 6.45) is 5.90. The highest BCUT2D eigenvalue weighted by atomic mass is 32.2. The zero-order valence-electron chi connectivity index (χ0n) is 10.5. The molecule has 98 valence electrons. The molecule has 0 saturated heterocycles. The van der Waals surface area contributed by atoms with E-state index in [0.717, 1.165) is 11.0 Å². The minimum atomic E-state index is 0.0541. The molecule has 3 N–H and O–H groups in total. The summed E-state index contributed by atoms with van der Waals surface area (Å²) in [6, 6.07) is 7.36. The lowest BCUT2D eigenvalue weighted by atomic mass is 10.2. The van der Waals surface area contributed by atoms with E-state index in [1.165, 1.54) is 25.7 Å². The summed E-state index contributed by atoms with van der Waals surface area (Å²) in [7, 11) is 0. The number of amides is 1. The molecule has 0 unspecified atom stereocenters. The second-order valence-corrected chi connectivity index (χ2v) is 6.07. The van der Waals surface area contributed by atoms with Gasteiger partial charge in [0.05, 0.1) is 11.4 Å². The van der Waals surface area contributed by atoms with E-state index in [2.05, 4.69) is 5.32 Å². The number of nitrogens with two attached hydrogens (primary N) is 1. The van der Waals surface area contributed by atoms with Crippen LogP contribution in [-0.2, 0) is 4.79 Å². The monoisotopic (exact) mass is 264 g/mol. The molecule has 18 heavy (non-hydrogen) atoms. The molecule has 1 amide bonds. The van der Waals surface area contributed by atoms with Crippen molar-refractivity contribution in [3.8, 4) is 0 Å². The van der Waals surface area contributed by atoms with Crippen molar-refractivity contribution in [1.82, 2.24) is 0 Å². The van der Waals surface area contributed by atoms with Crippen LogP contribution in [0.25, 0.3) is 0 Å². The Bertz CT molecular complexity index is 403. The summed E-state index contributed by atoms with van der Waals surface area (Å²) in [6.45, 7) is 0. The van der Waals surface area contributed by atoms with Crippen LogP contribution in [0.4, 0.5) is 11.4 Å². The van der Waals surface area contributed by atoms with Gasteiger partial charge < -0.3 is 11.1 Å². The molecule has 1 saturated carbocycles. The third-order valence-electron chi connectivity index (χ3n) is 3.22. The third kappa shape index (κ3) is 3.95. The van der Waals surface area contributed by atoms with Crippen molar-refractivity contribution >= 4 is 29.0 Å². The molecule has 1 aromatic carbocycles. The van der Waals surface area contributed by atoms with Crippen LogP contribution < -0.4 is 11.1 Å². The molecule has 3 nitrogen and oxygen atoms in total. The van der Waals surface area contributed by atoms with Crippen LogP contribution in [0.3, 0.4) is 0 Å². The molecule has 1 fully saturated rings. The van der Waals surface area contributed by atoms with Gasteiger partial charge in [-0.05, 0) is 25.0 Å². The smallest absolute Gasteiger partial charge is 0.225 e. The average Bonchev–Trinajstić information content (AvgIpc) is 2.85. The van der Waals surface area contributed by atoms with E-state index in [1.807, 2.05) is 30.0 Å². The van der Waals surface area contributed by atoms with E-state index < -0.39 is 0 Å². The Morgan fingerprint density at radius 2 is 2.06 bits per heavy atom. The Morgan fingerprint density at radius 3 is 2.78 bits per heavy atom. The fourth-order valence-electron chi connectivity index (χ4n) is 2.20. The summed E-state index contributed by atoms with van der Waals surface area (Å²) in [5.74, 6) is 0.960. The molecule has 1 aromatic rings. The maximum atomic E-state index is 11.8. The number of hydrogen-bond acceptors (Lipinski definition) is 3. The van der Waals surface area contributed by atoms with Crippen LogP contribution in [0.5, 0.6) is 0 Å². The number of thioether (sulfide) groups is 1. The molecule has 0 spiro atoms. The molecular weight excluding hydrogens is 244 g/mol. The van der Waals surface area contributed by atoms with Crippen molar-refractivity contribution in [2.45, 2.75) is 37.4 Å². The summed E-state index contributed by atoms with van der Waals surface area (Å²) in [5, 5.41) is 3.64. The molecule has 4 heteroatoms. The van der Waals surface area contributed by atoms with E-state index in [4.69, 9.17) is 5.73 Å². The normalized spacial score (nSPS) is 15.8. The predicted molar refractivity (Wildman–Crippen MR) is 78.8 cm³/mol. The highest BCUT2D eigenvalue weighted by molar-refractivity contribution is 7.99. The van der Waals surface area contributed by atoms with E-state index in [-0.39, 0.29) is 5.91 Å². The number of nitrogen functional groups attached to an aromatic ring is 1. The summed E-state index contributed by atoms with van der Waals surface area (Å²) >= 11 is 1.94. The van der Waals surface area contributed by atoms with Gasteiger partial charge >= 0.3 is 0 Å². The topological polar surface area (TPSA) is 55.1 Å². The van der Waals surface area contributed by atoms with Gasteiger partial charge in [0.15, 0.2) is 0 Å². The van der Waals surface area contributed by atoms with Gasteiger partial charge in [0.1, 0.15) is 0 Å². The maximum absolute atomic E-state index is 11.8. The number of anilines is 2. The molecule has 0 heterocycles. The van der Waals surface area contributed by atoms with Gasteiger partial charge in [-0.3, -0.25) is 4.79 Å². The van der Waals surface area contributed by atoms with Gasteiger partial charge in [-0.25, -0.2) is 0 Å². The van der Waals surface area contributed by atoms with Crippen molar-refractivity contribution < 1.29 is 4.79 Å². The van der Waals surface area contributed by atoms with E-state index >= 15 is 0 Å². The minimum Gasteiger partial charge on any atom is -0.397 e. The van der Waals surface area contributed by atoms with Gasteiger partial charge in [-0.15, -0.1) is 0 Å². The van der Waals surface area contributed by atoms with Crippen molar-refractivity contribution in [3.05, 3.63) is 24.3 Å². The lowest BCUT2D eigenvalue weighted by Gasteiger charge is -2.10. The molecular formula is C14H20N2OS. The standard InChI is InChI=1S/C14H20N2OS/c15-12-7-3-4-8-13(12)16-14(17)9-10-18-11-5-1-2-6-11/h3-4,7-8,11H,1-2,5-6,9-10,15H2,(H,16,17). The van der Waals surface area contributed by atoms with Gasteiger partial charge in [0, 0.05) is 17.4 Å². The van der Waals surface area contributed by atoms with Gasteiger partial charge in [-0.1, -0.05) is 25.0 Å². The lowest BCUT2D eigenvalue weighted by molar-refractivity contribution is -0.115. The molecule has 0 atom stereocenters. The first kappa shape index (κ1) is 13.3. The van der Waals surface area contributed by atoms with E-state index in [9.17, 15) is 4.79 Å². The molecule has 1 aliphatic carbocycles. The van der Waals surface area contributed by atoms with Crippen molar-refractivity contribution in [2.24, 2.45) is 0 Å². The van der Waals surface area contributed by atoms with Crippen LogP contribution in [-0.4, -0.2) is 16.9 Å². The van der Waals surface area contributed by atoms with Gasteiger partial charge in [-0.2, -0.15) is 11.8 Å². The van der Waals surface area contributed by atoms with E-state index in [0.29, 0.717) is 17.8 Å². The Hall–Kier alpha value is -1.16. The predicted octanol–water partition coefficient (Wildman–Crippen LogP) is 3.27. The third-order valence-corrected chi connectivity index (χ3v) is 4.60. The number of carbonyl (C=O) groups excluding carboxylic acids is 1. The minimum absolute atomic E-state index is 0.0541. The number of nitrogens with one attached hydrogen (secondary N) is 1. The van der Waals surface area contributed by atoms with Crippen LogP contribution in [0.1, 0.15) is 32.1 Å². The fourth-order valence-corrected chi connectivity index (χ4v) is 3.50. The van der Waals surface area contributed by atoms with Crippen molar-refractivity contribution in [1.29, 1.82) is 0 Å². The zero-order chi connectivity index (χ0) is 12.8. The molecule has 0 aliphatic heterocycles. The SMILES string of the molecule is Nc1ccccc1NC(=O)CCSC1CCCC1. The van der Waals surface area contributed by atoms with Gasteiger partial charge in [0.2, 0.25) is 5.91 Å². The Morgan fingerprint density at radius 1 is 1.33 bits per heavy atom. The highest BCUT2D eigenvalue weighted by Crippen LogP contribution is 2.29. The number of hydrogen-bond donors (Lipinski definition) is 2. The molecule has 1 aliphatic rings. The molecule has 2 rings (SSSR count). The lowest BCUT2D eigenvalue weighted by Crippen LogP contribution is -2.14. The van der Waals surface area contributed by atoms with Crippen molar-refractivity contribution in [2.75, 3.05) is 16.8 Å². The fraction of sp³-hybridized carbons (Fsp3) is 0.500. The molecule has 0 radical (unpaired) electrons. The number of para-hydroxylation sites is 2. The summed E-state index contributed by atoms with van der Waals surface area (Å²) in [4.78, 5) is 11.8. The van der Waals surface area contributed by atoms with Crippen LogP contribution >= 0.6 is 11.8 Å². The first-order chi connectivity index (χ1) is 8.75. The van der Waals surface area contributed by atoms with Gasteiger partial charge in [0.25, 0.3) is 0 Å². The largest absolute Gasteiger partial charge is 0.397 e. The Kier molecular flexibility index (Phi) is 4.93. The average molecular weight is 264 g/mol. The second-order valence-electron chi connectivity index (χ2n) is 4.66.